The SMILES string of the molecule is NC(=O)C1=CN(c2cccc3cccnc23)C([N+](=O)[O-])=CS1. The van der Waals surface area contributed by atoms with Gasteiger partial charge in [0.2, 0.25) is 0 Å². The highest BCUT2D eigenvalue weighted by molar-refractivity contribution is 8.06. The van der Waals surface area contributed by atoms with Crippen LogP contribution in [0, 0.1) is 10.1 Å². The second-order valence-electron chi connectivity index (χ2n) is 4.43. The van der Waals surface area contributed by atoms with E-state index in [1.54, 1.807) is 24.4 Å². The number of benzene rings is 1. The molecule has 3 rings (SSSR count). The number of nitrogens with zero attached hydrogens (tertiary/aromatic N) is 3. The molecule has 2 heterocycles. The maximum absolute atomic E-state index is 11.4. The van der Waals surface area contributed by atoms with Gasteiger partial charge in [0, 0.05) is 11.6 Å². The molecule has 0 fully saturated rings. The number of pyridine rings is 1. The van der Waals surface area contributed by atoms with Crippen molar-refractivity contribution in [2.45, 2.75) is 0 Å². The number of aromatic nitrogens is 1. The van der Waals surface area contributed by atoms with E-state index in [0.29, 0.717) is 11.2 Å². The number of nitro groups is 1. The van der Waals surface area contributed by atoms with Crippen molar-refractivity contribution >= 4 is 34.3 Å². The van der Waals surface area contributed by atoms with Crippen molar-refractivity contribution in [1.29, 1.82) is 0 Å². The summed E-state index contributed by atoms with van der Waals surface area (Å²) in [5.41, 5.74) is 6.39. The first-order valence-corrected chi connectivity index (χ1v) is 7.11. The van der Waals surface area contributed by atoms with Crippen molar-refractivity contribution in [2.75, 3.05) is 4.90 Å². The van der Waals surface area contributed by atoms with E-state index in [4.69, 9.17) is 5.73 Å². The number of fused-ring (bicyclic) bond motifs is 1. The van der Waals surface area contributed by atoms with E-state index in [0.717, 1.165) is 17.1 Å². The van der Waals surface area contributed by atoms with Crippen LogP contribution in [-0.4, -0.2) is 15.8 Å². The number of para-hydroxylation sites is 1. The van der Waals surface area contributed by atoms with Gasteiger partial charge in [-0.2, -0.15) is 4.90 Å². The third-order valence-electron chi connectivity index (χ3n) is 3.09. The van der Waals surface area contributed by atoms with Crippen LogP contribution < -0.4 is 10.6 Å². The Morgan fingerprint density at radius 3 is 2.82 bits per heavy atom. The predicted octanol–water partition coefficient (Wildman–Crippen LogP) is 2.19. The van der Waals surface area contributed by atoms with Crippen LogP contribution in [0.5, 0.6) is 0 Å². The molecule has 7 nitrogen and oxygen atoms in total. The maximum Gasteiger partial charge on any atom is 0.334 e. The standard InChI is InChI=1S/C14H10N4O3S/c15-14(19)11-7-17(12(8-22-11)18(20)21)10-5-1-3-9-4-2-6-16-13(9)10/h1-8H,(H2,15,19). The third-order valence-corrected chi connectivity index (χ3v) is 3.97. The lowest BCUT2D eigenvalue weighted by Crippen LogP contribution is -2.26. The highest BCUT2D eigenvalue weighted by Crippen LogP contribution is 2.34. The summed E-state index contributed by atoms with van der Waals surface area (Å²) < 4.78 is 0. The fraction of sp³-hybridized carbons (Fsp3) is 0. The summed E-state index contributed by atoms with van der Waals surface area (Å²) in [4.78, 5) is 27.9. The summed E-state index contributed by atoms with van der Waals surface area (Å²) in [5, 5.41) is 13.4. The van der Waals surface area contributed by atoms with Gasteiger partial charge in [-0.1, -0.05) is 30.0 Å². The van der Waals surface area contributed by atoms with E-state index < -0.39 is 10.8 Å². The smallest absolute Gasteiger partial charge is 0.334 e. The quantitative estimate of drug-likeness (QED) is 0.688. The minimum atomic E-state index is -0.637. The number of nitrogens with two attached hydrogens (primary N) is 1. The topological polar surface area (TPSA) is 102 Å². The fourth-order valence-electron chi connectivity index (χ4n) is 2.11. The number of carbonyl (C=O) groups is 1. The number of hydrogen-bond acceptors (Lipinski definition) is 6. The molecule has 1 aromatic heterocycles. The van der Waals surface area contributed by atoms with E-state index in [1.807, 2.05) is 12.1 Å². The molecule has 1 aliphatic heterocycles. The van der Waals surface area contributed by atoms with Crippen molar-refractivity contribution in [3.8, 4) is 0 Å². The van der Waals surface area contributed by atoms with Crippen LogP contribution in [0.15, 0.2) is 58.9 Å². The number of carbonyl (C=O) groups excluding carboxylic acids is 1. The lowest BCUT2D eigenvalue weighted by molar-refractivity contribution is -0.425. The van der Waals surface area contributed by atoms with E-state index in [2.05, 4.69) is 4.98 Å². The Balaban J connectivity index is 2.20. The summed E-state index contributed by atoms with van der Waals surface area (Å²) in [6.07, 6.45) is 2.98. The predicted molar refractivity (Wildman–Crippen MR) is 84.2 cm³/mol. The van der Waals surface area contributed by atoms with Crippen molar-refractivity contribution in [3.63, 3.8) is 0 Å². The van der Waals surface area contributed by atoms with Crippen LogP contribution >= 0.6 is 11.8 Å². The Bertz CT molecular complexity index is 842. The van der Waals surface area contributed by atoms with Crippen LogP contribution in [0.2, 0.25) is 0 Å². The molecule has 0 radical (unpaired) electrons. The Labute approximate surface area is 129 Å². The minimum Gasteiger partial charge on any atom is -0.365 e. The molecule has 0 aliphatic carbocycles. The third kappa shape index (κ3) is 2.40. The molecular formula is C14H10N4O3S. The Morgan fingerprint density at radius 2 is 2.09 bits per heavy atom. The van der Waals surface area contributed by atoms with Crippen molar-refractivity contribution in [2.24, 2.45) is 5.73 Å². The fourth-order valence-corrected chi connectivity index (χ4v) is 2.83. The Morgan fingerprint density at radius 1 is 1.32 bits per heavy atom. The monoisotopic (exact) mass is 314 g/mol. The summed E-state index contributed by atoms with van der Waals surface area (Å²) in [6.45, 7) is 0. The van der Waals surface area contributed by atoms with E-state index >= 15 is 0 Å². The first-order chi connectivity index (χ1) is 10.6. The zero-order chi connectivity index (χ0) is 15.7. The summed E-state index contributed by atoms with van der Waals surface area (Å²) in [7, 11) is 0. The molecule has 8 heteroatoms. The average Bonchev–Trinajstić information content (AvgIpc) is 2.53. The van der Waals surface area contributed by atoms with Crippen molar-refractivity contribution in [1.82, 2.24) is 4.98 Å². The van der Waals surface area contributed by atoms with E-state index in [-0.39, 0.29) is 10.7 Å². The molecule has 22 heavy (non-hydrogen) atoms. The molecule has 0 atom stereocenters. The molecule has 0 saturated heterocycles. The summed E-state index contributed by atoms with van der Waals surface area (Å²) in [5.74, 6) is -0.796. The largest absolute Gasteiger partial charge is 0.365 e. The molecular weight excluding hydrogens is 304 g/mol. The number of anilines is 1. The molecule has 0 bridgehead atoms. The van der Waals surface area contributed by atoms with Gasteiger partial charge in [-0.15, -0.1) is 0 Å². The minimum absolute atomic E-state index is 0.159. The molecule has 0 spiro atoms. The number of rotatable bonds is 3. The van der Waals surface area contributed by atoms with Gasteiger partial charge in [0.15, 0.2) is 5.69 Å². The van der Waals surface area contributed by atoms with E-state index in [9.17, 15) is 14.9 Å². The van der Waals surface area contributed by atoms with Crippen LogP contribution in [0.1, 0.15) is 0 Å². The first-order valence-electron chi connectivity index (χ1n) is 6.24. The van der Waals surface area contributed by atoms with Gasteiger partial charge >= 0.3 is 5.82 Å². The molecule has 0 saturated carbocycles. The molecule has 1 aromatic carbocycles. The molecule has 1 aliphatic rings. The normalized spacial score (nSPS) is 14.5. The molecule has 1 amide bonds. The number of primary amides is 1. The Kier molecular flexibility index (Phi) is 3.51. The van der Waals surface area contributed by atoms with Crippen LogP contribution in [0.4, 0.5) is 5.69 Å². The summed E-state index contributed by atoms with van der Waals surface area (Å²) >= 11 is 0.932. The molecule has 0 unspecified atom stereocenters. The van der Waals surface area contributed by atoms with Gasteiger partial charge in [0.1, 0.15) is 16.6 Å². The average molecular weight is 314 g/mol. The lowest BCUT2D eigenvalue weighted by Gasteiger charge is -2.19. The second kappa shape index (κ2) is 5.49. The highest BCUT2D eigenvalue weighted by atomic mass is 32.2. The summed E-state index contributed by atoms with van der Waals surface area (Å²) in [6, 6.07) is 8.99. The maximum atomic E-state index is 11.4. The van der Waals surface area contributed by atoms with Gasteiger partial charge < -0.3 is 15.8 Å². The Hall–Kier alpha value is -2.87. The number of amides is 1. The number of thioether (sulfide) groups is 1. The lowest BCUT2D eigenvalue weighted by atomic mass is 10.2. The first kappa shape index (κ1) is 14.1. The van der Waals surface area contributed by atoms with Crippen LogP contribution in [0.25, 0.3) is 10.9 Å². The van der Waals surface area contributed by atoms with Crippen LogP contribution in [0.3, 0.4) is 0 Å². The zero-order valence-electron chi connectivity index (χ0n) is 11.2. The van der Waals surface area contributed by atoms with Gasteiger partial charge in [-0.25, -0.2) is 0 Å². The zero-order valence-corrected chi connectivity index (χ0v) is 12.0. The van der Waals surface area contributed by atoms with Crippen molar-refractivity contribution < 1.29 is 9.72 Å². The molecule has 110 valence electrons. The van der Waals surface area contributed by atoms with Crippen LogP contribution in [-0.2, 0) is 4.79 Å². The molecule has 2 aromatic rings. The van der Waals surface area contributed by atoms with Gasteiger partial charge in [0.05, 0.1) is 5.41 Å². The van der Waals surface area contributed by atoms with Gasteiger partial charge in [-0.3, -0.25) is 9.78 Å². The number of hydrogen-bond donors (Lipinski definition) is 1. The van der Waals surface area contributed by atoms with E-state index in [1.165, 1.54) is 16.5 Å². The molecule has 2 N–H and O–H groups in total. The van der Waals surface area contributed by atoms with Gasteiger partial charge in [0.25, 0.3) is 5.91 Å². The van der Waals surface area contributed by atoms with Crippen molar-refractivity contribution in [3.05, 3.63) is 69.0 Å². The van der Waals surface area contributed by atoms with Gasteiger partial charge in [-0.05, 0) is 17.1 Å². The highest BCUT2D eigenvalue weighted by Gasteiger charge is 2.29. The second-order valence-corrected chi connectivity index (χ2v) is 5.34.